The molecule has 0 saturated heterocycles. The van der Waals surface area contributed by atoms with Crippen LogP contribution in [0.1, 0.15) is 37.7 Å². The van der Waals surface area contributed by atoms with E-state index in [1.807, 2.05) is 13.0 Å². The molecule has 0 aromatic carbocycles. The summed E-state index contributed by atoms with van der Waals surface area (Å²) in [4.78, 5) is 15.8. The van der Waals surface area contributed by atoms with Crippen molar-refractivity contribution in [2.45, 2.75) is 39.0 Å². The number of pyridine rings is 1. The van der Waals surface area contributed by atoms with Gasteiger partial charge in [0.2, 0.25) is 5.91 Å². The van der Waals surface area contributed by atoms with E-state index in [1.54, 1.807) is 12.4 Å². The van der Waals surface area contributed by atoms with Crippen molar-refractivity contribution in [3.05, 3.63) is 24.0 Å². The first-order chi connectivity index (χ1) is 7.75. The maximum atomic E-state index is 11.8. The summed E-state index contributed by atoms with van der Waals surface area (Å²) in [6.07, 6.45) is 9.09. The van der Waals surface area contributed by atoms with Crippen molar-refractivity contribution >= 4 is 11.6 Å². The van der Waals surface area contributed by atoms with Gasteiger partial charge in [0.1, 0.15) is 0 Å². The molecular weight excluding hydrogens is 200 g/mol. The summed E-state index contributed by atoms with van der Waals surface area (Å²) in [5.74, 6) is 0.722. The van der Waals surface area contributed by atoms with Crippen LogP contribution in [0.3, 0.4) is 0 Å². The van der Waals surface area contributed by atoms with E-state index in [0.29, 0.717) is 12.3 Å². The largest absolute Gasteiger partial charge is 0.325 e. The lowest BCUT2D eigenvalue weighted by atomic mass is 10.0. The molecule has 1 fully saturated rings. The SMILES string of the molecule is Cc1ccncc1NC(=O)CC1CCCC1. The second-order valence-electron chi connectivity index (χ2n) is 4.59. The Kier molecular flexibility index (Phi) is 3.54. The smallest absolute Gasteiger partial charge is 0.224 e. The van der Waals surface area contributed by atoms with Gasteiger partial charge in [-0.05, 0) is 37.3 Å². The first kappa shape index (κ1) is 11.1. The number of aromatic nitrogens is 1. The number of carbonyl (C=O) groups excluding carboxylic acids is 1. The van der Waals surface area contributed by atoms with E-state index >= 15 is 0 Å². The Morgan fingerprint density at radius 1 is 1.50 bits per heavy atom. The molecule has 1 amide bonds. The number of amides is 1. The standard InChI is InChI=1S/C13H18N2O/c1-10-6-7-14-9-12(10)15-13(16)8-11-4-2-3-5-11/h6-7,9,11H,2-5,8H2,1H3,(H,15,16). The first-order valence-electron chi connectivity index (χ1n) is 5.96. The third kappa shape index (κ3) is 2.81. The van der Waals surface area contributed by atoms with Crippen LogP contribution < -0.4 is 5.32 Å². The Morgan fingerprint density at radius 3 is 2.94 bits per heavy atom. The summed E-state index contributed by atoms with van der Waals surface area (Å²) >= 11 is 0. The van der Waals surface area contributed by atoms with Gasteiger partial charge in [0.05, 0.1) is 11.9 Å². The molecule has 2 rings (SSSR count). The van der Waals surface area contributed by atoms with E-state index in [-0.39, 0.29) is 5.91 Å². The quantitative estimate of drug-likeness (QED) is 0.847. The van der Waals surface area contributed by atoms with Crippen LogP contribution in [-0.4, -0.2) is 10.9 Å². The zero-order chi connectivity index (χ0) is 11.4. The molecule has 0 atom stereocenters. The number of nitrogens with zero attached hydrogens (tertiary/aromatic N) is 1. The van der Waals surface area contributed by atoms with Crippen molar-refractivity contribution in [3.8, 4) is 0 Å². The Hall–Kier alpha value is -1.38. The monoisotopic (exact) mass is 218 g/mol. The highest BCUT2D eigenvalue weighted by Crippen LogP contribution is 2.27. The fourth-order valence-corrected chi connectivity index (χ4v) is 2.27. The van der Waals surface area contributed by atoms with Crippen molar-refractivity contribution in [2.75, 3.05) is 5.32 Å². The molecule has 0 bridgehead atoms. The maximum absolute atomic E-state index is 11.8. The van der Waals surface area contributed by atoms with E-state index in [2.05, 4.69) is 10.3 Å². The number of carbonyl (C=O) groups is 1. The first-order valence-corrected chi connectivity index (χ1v) is 5.96. The average molecular weight is 218 g/mol. The second kappa shape index (κ2) is 5.10. The number of hydrogen-bond donors (Lipinski definition) is 1. The van der Waals surface area contributed by atoms with Gasteiger partial charge in [-0.25, -0.2) is 0 Å². The molecule has 0 unspecified atom stereocenters. The highest BCUT2D eigenvalue weighted by Gasteiger charge is 2.18. The van der Waals surface area contributed by atoms with Crippen LogP contribution in [0.15, 0.2) is 18.5 Å². The Morgan fingerprint density at radius 2 is 2.25 bits per heavy atom. The topological polar surface area (TPSA) is 42.0 Å². The van der Waals surface area contributed by atoms with Crippen LogP contribution in [0.4, 0.5) is 5.69 Å². The van der Waals surface area contributed by atoms with Crippen LogP contribution in [0.25, 0.3) is 0 Å². The number of anilines is 1. The molecule has 0 aliphatic heterocycles. The maximum Gasteiger partial charge on any atom is 0.224 e. The molecule has 3 nitrogen and oxygen atoms in total. The number of rotatable bonds is 3. The van der Waals surface area contributed by atoms with Gasteiger partial charge in [-0.1, -0.05) is 12.8 Å². The zero-order valence-corrected chi connectivity index (χ0v) is 9.70. The van der Waals surface area contributed by atoms with Gasteiger partial charge >= 0.3 is 0 Å². The summed E-state index contributed by atoms with van der Waals surface area (Å²) in [7, 11) is 0. The lowest BCUT2D eigenvalue weighted by molar-refractivity contribution is -0.117. The fraction of sp³-hybridized carbons (Fsp3) is 0.538. The highest BCUT2D eigenvalue weighted by atomic mass is 16.1. The normalized spacial score (nSPS) is 16.3. The van der Waals surface area contributed by atoms with Gasteiger partial charge in [0, 0.05) is 12.6 Å². The third-order valence-electron chi connectivity index (χ3n) is 3.26. The van der Waals surface area contributed by atoms with Crippen molar-refractivity contribution in [3.63, 3.8) is 0 Å². The molecule has 1 saturated carbocycles. The zero-order valence-electron chi connectivity index (χ0n) is 9.70. The van der Waals surface area contributed by atoms with E-state index < -0.39 is 0 Å². The number of hydrogen-bond acceptors (Lipinski definition) is 2. The molecule has 86 valence electrons. The van der Waals surface area contributed by atoms with Crippen LogP contribution in [-0.2, 0) is 4.79 Å². The molecule has 1 aromatic heterocycles. The third-order valence-corrected chi connectivity index (χ3v) is 3.26. The molecule has 0 spiro atoms. The summed E-state index contributed by atoms with van der Waals surface area (Å²) in [5.41, 5.74) is 1.90. The fourth-order valence-electron chi connectivity index (χ4n) is 2.27. The lowest BCUT2D eigenvalue weighted by Gasteiger charge is -2.10. The van der Waals surface area contributed by atoms with E-state index in [9.17, 15) is 4.79 Å². The van der Waals surface area contributed by atoms with Crippen molar-refractivity contribution in [1.29, 1.82) is 0 Å². The minimum atomic E-state index is 0.128. The minimum Gasteiger partial charge on any atom is -0.325 e. The van der Waals surface area contributed by atoms with Gasteiger partial charge in [-0.15, -0.1) is 0 Å². The predicted octanol–water partition coefficient (Wildman–Crippen LogP) is 2.91. The molecule has 0 radical (unpaired) electrons. The number of aryl methyl sites for hydroxylation is 1. The van der Waals surface area contributed by atoms with Gasteiger partial charge in [0.25, 0.3) is 0 Å². The Balaban J connectivity index is 1.89. The molecule has 1 N–H and O–H groups in total. The molecule has 16 heavy (non-hydrogen) atoms. The van der Waals surface area contributed by atoms with Gasteiger partial charge in [-0.3, -0.25) is 9.78 Å². The van der Waals surface area contributed by atoms with Crippen LogP contribution >= 0.6 is 0 Å². The lowest BCUT2D eigenvalue weighted by Crippen LogP contribution is -2.15. The second-order valence-corrected chi connectivity index (χ2v) is 4.59. The summed E-state index contributed by atoms with van der Waals surface area (Å²) in [6.45, 7) is 1.98. The van der Waals surface area contributed by atoms with Crippen LogP contribution in [0.2, 0.25) is 0 Å². The molecule has 1 aromatic rings. The predicted molar refractivity (Wildman–Crippen MR) is 64.2 cm³/mol. The van der Waals surface area contributed by atoms with Crippen molar-refractivity contribution in [2.24, 2.45) is 5.92 Å². The van der Waals surface area contributed by atoms with Crippen molar-refractivity contribution in [1.82, 2.24) is 4.98 Å². The van der Waals surface area contributed by atoms with Crippen LogP contribution in [0, 0.1) is 12.8 Å². The van der Waals surface area contributed by atoms with E-state index in [0.717, 1.165) is 11.3 Å². The summed E-state index contributed by atoms with van der Waals surface area (Å²) in [5, 5.41) is 2.94. The summed E-state index contributed by atoms with van der Waals surface area (Å²) < 4.78 is 0. The average Bonchev–Trinajstić information content (AvgIpc) is 2.74. The van der Waals surface area contributed by atoms with E-state index in [4.69, 9.17) is 0 Å². The Bertz CT molecular complexity index is 370. The van der Waals surface area contributed by atoms with E-state index in [1.165, 1.54) is 25.7 Å². The molecular formula is C13H18N2O. The molecule has 1 aliphatic carbocycles. The molecule has 1 aliphatic rings. The van der Waals surface area contributed by atoms with Gasteiger partial charge in [-0.2, -0.15) is 0 Å². The van der Waals surface area contributed by atoms with Crippen LogP contribution in [0.5, 0.6) is 0 Å². The van der Waals surface area contributed by atoms with Crippen molar-refractivity contribution < 1.29 is 4.79 Å². The van der Waals surface area contributed by atoms with Gasteiger partial charge in [0.15, 0.2) is 0 Å². The minimum absolute atomic E-state index is 0.128. The summed E-state index contributed by atoms with van der Waals surface area (Å²) in [6, 6.07) is 1.91. The highest BCUT2D eigenvalue weighted by molar-refractivity contribution is 5.91. The molecule has 1 heterocycles. The van der Waals surface area contributed by atoms with Gasteiger partial charge < -0.3 is 5.32 Å². The number of nitrogens with one attached hydrogen (secondary N) is 1. The molecule has 3 heteroatoms. The Labute approximate surface area is 96.3 Å².